The second kappa shape index (κ2) is 34.1. The van der Waals surface area contributed by atoms with Gasteiger partial charge in [0.05, 0.1) is 0 Å². The zero-order valence-electron chi connectivity index (χ0n) is 30.4. The van der Waals surface area contributed by atoms with Gasteiger partial charge in [0.25, 0.3) is 0 Å². The monoisotopic (exact) mass is 580 g/mol. The zero-order valence-corrected chi connectivity index (χ0v) is 30.4. The maximum atomic E-state index is 3.93. The fraction of sp³-hybridized carbons (Fsp3) is 0.513. The van der Waals surface area contributed by atoms with Gasteiger partial charge in [-0.3, -0.25) is 4.98 Å². The maximum absolute atomic E-state index is 3.93. The lowest BCUT2D eigenvalue weighted by Gasteiger charge is -2.01. The van der Waals surface area contributed by atoms with E-state index in [9.17, 15) is 0 Å². The molecule has 4 aromatic rings. The van der Waals surface area contributed by atoms with Crippen LogP contribution in [0.3, 0.4) is 0 Å². The summed E-state index contributed by atoms with van der Waals surface area (Å²) in [6.07, 6.45) is 9.60. The molecule has 0 spiro atoms. The van der Waals surface area contributed by atoms with Gasteiger partial charge in [0.15, 0.2) is 0 Å². The number of H-pyrrole nitrogens is 2. The minimum absolute atomic E-state index is 0.619. The summed E-state index contributed by atoms with van der Waals surface area (Å²) in [4.78, 5) is 10.1. The summed E-state index contributed by atoms with van der Waals surface area (Å²) >= 11 is 0. The Morgan fingerprint density at radius 1 is 0.452 bits per heavy atom. The number of nitrogens with one attached hydrogen (secondary N) is 2. The summed E-state index contributed by atoms with van der Waals surface area (Å²) < 4.78 is 0. The van der Waals surface area contributed by atoms with Crippen LogP contribution in [0.4, 0.5) is 0 Å². The Hall–Kier alpha value is -3.07. The first-order valence-electron chi connectivity index (χ1n) is 16.4. The number of pyridine rings is 1. The van der Waals surface area contributed by atoms with Crippen LogP contribution in [0, 0.1) is 0 Å². The third-order valence-electron chi connectivity index (χ3n) is 5.37. The summed E-state index contributed by atoms with van der Waals surface area (Å²) in [5.74, 6) is 2.56. The SMILES string of the molecule is CC.CC.CC.CC.CC(C)c1cc[nH]c1.CC(C)c1ccc[nH]1.CC(C)c1ccccc1.CC(C)c1ccncc1. The molecule has 2 N–H and O–H groups in total. The van der Waals surface area contributed by atoms with Crippen molar-refractivity contribution in [1.29, 1.82) is 0 Å². The number of benzene rings is 1. The molecule has 240 valence electrons. The Balaban J connectivity index is -0.000000212. The van der Waals surface area contributed by atoms with Crippen molar-refractivity contribution in [2.75, 3.05) is 0 Å². The van der Waals surface area contributed by atoms with Crippen LogP contribution in [0.25, 0.3) is 0 Å². The largest absolute Gasteiger partial charge is 0.367 e. The van der Waals surface area contributed by atoms with E-state index in [0.717, 1.165) is 0 Å². The molecular weight excluding hydrogens is 510 g/mol. The first-order valence-corrected chi connectivity index (χ1v) is 16.4. The van der Waals surface area contributed by atoms with E-state index < -0.39 is 0 Å². The average Bonchev–Trinajstić information content (AvgIpc) is 3.79. The minimum Gasteiger partial charge on any atom is -0.367 e. The number of nitrogens with zero attached hydrogens (tertiary/aromatic N) is 1. The van der Waals surface area contributed by atoms with Crippen LogP contribution in [0.2, 0.25) is 0 Å². The zero-order chi connectivity index (χ0) is 33.3. The van der Waals surface area contributed by atoms with Gasteiger partial charge in [-0.15, -0.1) is 0 Å². The smallest absolute Gasteiger partial charge is 0.0270 e. The molecule has 3 nitrogen and oxygen atoms in total. The van der Waals surface area contributed by atoms with Crippen LogP contribution >= 0.6 is 0 Å². The fourth-order valence-corrected chi connectivity index (χ4v) is 2.99. The van der Waals surface area contributed by atoms with Gasteiger partial charge in [0.1, 0.15) is 0 Å². The predicted molar refractivity (Wildman–Crippen MR) is 194 cm³/mol. The Morgan fingerprint density at radius 2 is 0.905 bits per heavy atom. The molecule has 3 heterocycles. The molecule has 0 bridgehead atoms. The summed E-state index contributed by atoms with van der Waals surface area (Å²) in [5, 5.41) is 0. The predicted octanol–water partition coefficient (Wildman–Crippen LogP) is 13.4. The second-order valence-electron chi connectivity index (χ2n) is 9.58. The molecular formula is C39H69N3. The molecule has 0 radical (unpaired) electrons. The first-order chi connectivity index (χ1) is 20.2. The lowest BCUT2D eigenvalue weighted by atomic mass is 10.0. The Bertz CT molecular complexity index is 856. The van der Waals surface area contributed by atoms with Gasteiger partial charge in [-0.2, -0.15) is 0 Å². The van der Waals surface area contributed by atoms with E-state index in [0.29, 0.717) is 23.7 Å². The maximum Gasteiger partial charge on any atom is 0.0270 e. The molecule has 3 aromatic heterocycles. The van der Waals surface area contributed by atoms with Crippen molar-refractivity contribution in [3.63, 3.8) is 0 Å². The van der Waals surface area contributed by atoms with E-state index >= 15 is 0 Å². The average molecular weight is 580 g/mol. The number of aromatic nitrogens is 3. The number of hydrogen-bond donors (Lipinski definition) is 2. The lowest BCUT2D eigenvalue weighted by molar-refractivity contribution is 0.833. The molecule has 42 heavy (non-hydrogen) atoms. The first kappa shape index (κ1) is 45.9. The summed E-state index contributed by atoms with van der Waals surface area (Å²) in [7, 11) is 0. The highest BCUT2D eigenvalue weighted by Gasteiger charge is 1.96. The van der Waals surface area contributed by atoms with E-state index in [1.165, 1.54) is 22.4 Å². The van der Waals surface area contributed by atoms with Crippen molar-refractivity contribution in [2.45, 2.75) is 134 Å². The van der Waals surface area contributed by atoms with Crippen molar-refractivity contribution in [2.24, 2.45) is 0 Å². The second-order valence-corrected chi connectivity index (χ2v) is 9.58. The molecule has 0 amide bonds. The topological polar surface area (TPSA) is 44.5 Å². The molecule has 0 saturated heterocycles. The number of hydrogen-bond acceptors (Lipinski definition) is 1. The van der Waals surface area contributed by atoms with Crippen LogP contribution in [-0.2, 0) is 0 Å². The van der Waals surface area contributed by atoms with Crippen molar-refractivity contribution >= 4 is 0 Å². The van der Waals surface area contributed by atoms with Gasteiger partial charge in [-0.25, -0.2) is 0 Å². The quantitative estimate of drug-likeness (QED) is 0.248. The molecule has 0 unspecified atom stereocenters. The molecule has 0 aliphatic rings. The van der Waals surface area contributed by atoms with Crippen molar-refractivity contribution in [3.8, 4) is 0 Å². The van der Waals surface area contributed by atoms with Gasteiger partial charge < -0.3 is 9.97 Å². The van der Waals surface area contributed by atoms with Crippen molar-refractivity contribution < 1.29 is 0 Å². The van der Waals surface area contributed by atoms with Crippen LogP contribution in [0.5, 0.6) is 0 Å². The third-order valence-corrected chi connectivity index (χ3v) is 5.37. The Labute approximate surface area is 263 Å². The lowest BCUT2D eigenvalue weighted by Crippen LogP contribution is -1.85. The molecule has 0 aliphatic carbocycles. The van der Waals surface area contributed by atoms with E-state index in [1.54, 1.807) is 0 Å². The van der Waals surface area contributed by atoms with Gasteiger partial charge in [0.2, 0.25) is 0 Å². The molecule has 0 atom stereocenters. The van der Waals surface area contributed by atoms with E-state index in [1.807, 2.05) is 111 Å². The molecule has 3 heteroatoms. The van der Waals surface area contributed by atoms with Crippen LogP contribution in [-0.4, -0.2) is 15.0 Å². The van der Waals surface area contributed by atoms with Gasteiger partial charge >= 0.3 is 0 Å². The van der Waals surface area contributed by atoms with Gasteiger partial charge in [-0.05, 0) is 70.7 Å². The van der Waals surface area contributed by atoms with E-state index in [2.05, 4.69) is 107 Å². The van der Waals surface area contributed by atoms with E-state index in [4.69, 9.17) is 0 Å². The summed E-state index contributed by atoms with van der Waals surface area (Å²) in [5.41, 5.74) is 5.46. The molecule has 0 aliphatic heterocycles. The molecule has 4 rings (SSSR count). The highest BCUT2D eigenvalue weighted by molar-refractivity contribution is 5.17. The molecule has 0 fully saturated rings. The highest BCUT2D eigenvalue weighted by Crippen LogP contribution is 2.13. The number of rotatable bonds is 4. The van der Waals surface area contributed by atoms with Crippen molar-refractivity contribution in [1.82, 2.24) is 15.0 Å². The van der Waals surface area contributed by atoms with Crippen molar-refractivity contribution in [3.05, 3.63) is 114 Å². The number of aromatic amines is 2. The molecule has 0 saturated carbocycles. The van der Waals surface area contributed by atoms with Crippen LogP contribution in [0.15, 0.2) is 91.6 Å². The Kier molecular flexibility index (Phi) is 37.3. The summed E-state index contributed by atoms with van der Waals surface area (Å²) in [6.45, 7) is 33.5. The third kappa shape index (κ3) is 25.9. The fourth-order valence-electron chi connectivity index (χ4n) is 2.99. The summed E-state index contributed by atoms with van der Waals surface area (Å²) in [6, 6.07) is 20.8. The van der Waals surface area contributed by atoms with Crippen LogP contribution in [0.1, 0.15) is 157 Å². The Morgan fingerprint density at radius 3 is 1.14 bits per heavy atom. The molecule has 1 aromatic carbocycles. The highest BCUT2D eigenvalue weighted by atomic mass is 14.7. The van der Waals surface area contributed by atoms with Crippen LogP contribution < -0.4 is 0 Å². The van der Waals surface area contributed by atoms with Gasteiger partial charge in [-0.1, -0.05) is 141 Å². The normalized spacial score (nSPS) is 8.86. The minimum atomic E-state index is 0.619. The standard InChI is InChI=1S/C9H12.C8H11N.2C7H11N.4C2H6/c1-8(2)9-6-4-3-5-7-9;1-7(2)8-3-5-9-6-4-8;1-6(2)7-3-4-8-5-7;1-6(2)7-4-3-5-8-7;4*1-2/h3-8H,1-2H3;3-7H,1-2H3;2*3-6,8H,1-2H3;4*1-2H3. The van der Waals surface area contributed by atoms with E-state index in [-0.39, 0.29) is 0 Å². The van der Waals surface area contributed by atoms with Gasteiger partial charge in [0, 0.05) is 36.7 Å².